The van der Waals surface area contributed by atoms with E-state index in [9.17, 15) is 13.2 Å². The third-order valence-electron chi connectivity index (χ3n) is 2.33. The van der Waals surface area contributed by atoms with Gasteiger partial charge in [-0.1, -0.05) is 29.8 Å². The fourth-order valence-electron chi connectivity index (χ4n) is 1.47. The van der Waals surface area contributed by atoms with Gasteiger partial charge in [0.15, 0.2) is 0 Å². The normalized spacial score (nSPS) is 13.6. The number of ether oxygens (including phenoxy) is 1. The highest BCUT2D eigenvalue weighted by Crippen LogP contribution is 2.21. The zero-order valence-electron chi connectivity index (χ0n) is 9.93. The minimum Gasteiger partial charge on any atom is -0.371 e. The predicted octanol–water partition coefficient (Wildman–Crippen LogP) is 3.57. The van der Waals surface area contributed by atoms with E-state index >= 15 is 0 Å². The maximum absolute atomic E-state index is 11.8. The Morgan fingerprint density at radius 3 is 2.61 bits per heavy atom. The Bertz CT molecular complexity index is 371. The molecule has 1 aromatic rings. The largest absolute Gasteiger partial charge is 0.411 e. The summed E-state index contributed by atoms with van der Waals surface area (Å²) in [5, 5.41) is 3.68. The average molecular weight is 282 g/mol. The average Bonchev–Trinajstić information content (AvgIpc) is 2.27. The number of hydrogen-bond donors (Lipinski definition) is 1. The molecule has 0 aromatic heterocycles. The fraction of sp³-hybridized carbons (Fsp3) is 0.500. The van der Waals surface area contributed by atoms with Crippen molar-refractivity contribution in [1.29, 1.82) is 0 Å². The SMILES string of the molecule is CC(NCCOCC(F)(F)F)c1ccccc1Cl. The number of benzene rings is 1. The molecule has 0 heterocycles. The van der Waals surface area contributed by atoms with Crippen LogP contribution in [0.5, 0.6) is 0 Å². The van der Waals surface area contributed by atoms with Crippen LogP contribution < -0.4 is 5.32 Å². The van der Waals surface area contributed by atoms with Gasteiger partial charge in [-0.25, -0.2) is 0 Å². The second-order valence-electron chi connectivity index (χ2n) is 3.87. The zero-order valence-corrected chi connectivity index (χ0v) is 10.7. The predicted molar refractivity (Wildman–Crippen MR) is 64.7 cm³/mol. The Morgan fingerprint density at radius 1 is 1.33 bits per heavy atom. The van der Waals surface area contributed by atoms with Crippen LogP contribution in [0.15, 0.2) is 24.3 Å². The molecule has 0 aliphatic heterocycles. The number of alkyl halides is 3. The summed E-state index contributed by atoms with van der Waals surface area (Å²) in [6.45, 7) is 1.02. The lowest BCUT2D eigenvalue weighted by Gasteiger charge is -2.15. The van der Waals surface area contributed by atoms with E-state index in [0.29, 0.717) is 11.6 Å². The molecule has 1 aromatic carbocycles. The highest BCUT2D eigenvalue weighted by molar-refractivity contribution is 6.31. The number of nitrogens with one attached hydrogen (secondary N) is 1. The molecule has 1 atom stereocenters. The molecular weight excluding hydrogens is 267 g/mol. The quantitative estimate of drug-likeness (QED) is 0.805. The van der Waals surface area contributed by atoms with Crippen molar-refractivity contribution in [1.82, 2.24) is 5.32 Å². The van der Waals surface area contributed by atoms with E-state index < -0.39 is 12.8 Å². The molecule has 18 heavy (non-hydrogen) atoms. The maximum Gasteiger partial charge on any atom is 0.411 e. The molecule has 1 unspecified atom stereocenters. The first-order valence-electron chi connectivity index (χ1n) is 5.52. The Labute approximate surface area is 109 Å². The van der Waals surface area contributed by atoms with Crippen molar-refractivity contribution >= 4 is 11.6 Å². The van der Waals surface area contributed by atoms with Gasteiger partial charge in [0.1, 0.15) is 6.61 Å². The first kappa shape index (κ1) is 15.3. The van der Waals surface area contributed by atoms with Crippen LogP contribution in [0.1, 0.15) is 18.5 Å². The number of rotatable bonds is 6. The first-order chi connectivity index (χ1) is 8.40. The summed E-state index contributed by atoms with van der Waals surface area (Å²) in [4.78, 5) is 0. The van der Waals surface area contributed by atoms with E-state index in [0.717, 1.165) is 5.56 Å². The number of halogens is 4. The van der Waals surface area contributed by atoms with E-state index in [1.54, 1.807) is 6.07 Å². The van der Waals surface area contributed by atoms with Crippen LogP contribution in [-0.2, 0) is 4.74 Å². The Kier molecular flexibility index (Phi) is 5.91. The molecule has 1 N–H and O–H groups in total. The van der Waals surface area contributed by atoms with Crippen LogP contribution in [-0.4, -0.2) is 25.9 Å². The van der Waals surface area contributed by atoms with Crippen molar-refractivity contribution in [2.45, 2.75) is 19.1 Å². The Hall–Kier alpha value is -0.780. The molecule has 0 bridgehead atoms. The summed E-state index contributed by atoms with van der Waals surface area (Å²) in [5.41, 5.74) is 0.912. The second-order valence-corrected chi connectivity index (χ2v) is 4.27. The molecule has 0 radical (unpaired) electrons. The van der Waals surface area contributed by atoms with Gasteiger partial charge in [-0.15, -0.1) is 0 Å². The highest BCUT2D eigenvalue weighted by atomic mass is 35.5. The van der Waals surface area contributed by atoms with Gasteiger partial charge in [-0.3, -0.25) is 0 Å². The van der Waals surface area contributed by atoms with Gasteiger partial charge >= 0.3 is 6.18 Å². The standard InChI is InChI=1S/C12H15ClF3NO/c1-9(10-4-2-3-5-11(10)13)17-6-7-18-8-12(14,15)16/h2-5,9,17H,6-8H2,1H3. The maximum atomic E-state index is 11.8. The summed E-state index contributed by atoms with van der Waals surface area (Å²) < 4.78 is 39.9. The molecule has 0 spiro atoms. The third kappa shape index (κ3) is 5.71. The molecule has 0 aliphatic rings. The summed E-state index contributed by atoms with van der Waals surface area (Å²) in [7, 11) is 0. The van der Waals surface area contributed by atoms with Crippen molar-refractivity contribution in [3.05, 3.63) is 34.9 Å². The summed E-state index contributed by atoms with van der Waals surface area (Å²) >= 11 is 6.00. The molecular formula is C12H15ClF3NO. The van der Waals surface area contributed by atoms with E-state index in [-0.39, 0.29) is 12.6 Å². The topological polar surface area (TPSA) is 21.3 Å². The van der Waals surface area contributed by atoms with Gasteiger partial charge < -0.3 is 10.1 Å². The molecule has 0 aliphatic carbocycles. The van der Waals surface area contributed by atoms with Crippen molar-refractivity contribution in [3.63, 3.8) is 0 Å². The lowest BCUT2D eigenvalue weighted by molar-refractivity contribution is -0.173. The van der Waals surface area contributed by atoms with E-state index in [2.05, 4.69) is 10.1 Å². The van der Waals surface area contributed by atoms with Crippen LogP contribution in [0.2, 0.25) is 5.02 Å². The highest BCUT2D eigenvalue weighted by Gasteiger charge is 2.27. The molecule has 6 heteroatoms. The third-order valence-corrected chi connectivity index (χ3v) is 2.68. The molecule has 0 amide bonds. The van der Waals surface area contributed by atoms with E-state index in [1.807, 2.05) is 25.1 Å². The molecule has 0 saturated heterocycles. The van der Waals surface area contributed by atoms with Crippen molar-refractivity contribution in [2.75, 3.05) is 19.8 Å². The van der Waals surface area contributed by atoms with Crippen LogP contribution in [0.4, 0.5) is 13.2 Å². The Balaban J connectivity index is 2.26. The van der Waals surface area contributed by atoms with Crippen LogP contribution in [0.25, 0.3) is 0 Å². The minimum atomic E-state index is -4.27. The van der Waals surface area contributed by atoms with Crippen LogP contribution in [0.3, 0.4) is 0 Å². The smallest absolute Gasteiger partial charge is 0.371 e. The monoisotopic (exact) mass is 281 g/mol. The first-order valence-corrected chi connectivity index (χ1v) is 5.90. The Morgan fingerprint density at radius 2 is 2.00 bits per heavy atom. The molecule has 0 saturated carbocycles. The zero-order chi connectivity index (χ0) is 13.6. The molecule has 0 fully saturated rings. The summed E-state index contributed by atoms with van der Waals surface area (Å²) in [6.07, 6.45) is -4.27. The van der Waals surface area contributed by atoms with Gasteiger partial charge in [0.2, 0.25) is 0 Å². The lowest BCUT2D eigenvalue weighted by Crippen LogP contribution is -2.26. The minimum absolute atomic E-state index is 0.00824. The van der Waals surface area contributed by atoms with Crippen LogP contribution >= 0.6 is 11.6 Å². The van der Waals surface area contributed by atoms with Crippen molar-refractivity contribution in [2.24, 2.45) is 0 Å². The van der Waals surface area contributed by atoms with Gasteiger partial charge in [0.25, 0.3) is 0 Å². The number of hydrogen-bond acceptors (Lipinski definition) is 2. The van der Waals surface area contributed by atoms with Crippen LogP contribution in [0, 0.1) is 0 Å². The van der Waals surface area contributed by atoms with Gasteiger partial charge in [0, 0.05) is 17.6 Å². The lowest BCUT2D eigenvalue weighted by atomic mass is 10.1. The van der Waals surface area contributed by atoms with E-state index in [4.69, 9.17) is 11.6 Å². The summed E-state index contributed by atoms with van der Waals surface area (Å²) in [6, 6.07) is 7.30. The second kappa shape index (κ2) is 6.97. The van der Waals surface area contributed by atoms with Gasteiger partial charge in [-0.05, 0) is 18.6 Å². The van der Waals surface area contributed by atoms with E-state index in [1.165, 1.54) is 0 Å². The molecule has 2 nitrogen and oxygen atoms in total. The molecule has 102 valence electrons. The van der Waals surface area contributed by atoms with Gasteiger partial charge in [0.05, 0.1) is 6.61 Å². The fourth-order valence-corrected chi connectivity index (χ4v) is 1.77. The van der Waals surface area contributed by atoms with Crippen molar-refractivity contribution in [3.8, 4) is 0 Å². The molecule has 1 rings (SSSR count). The van der Waals surface area contributed by atoms with Crippen molar-refractivity contribution < 1.29 is 17.9 Å². The summed E-state index contributed by atoms with van der Waals surface area (Å²) in [5.74, 6) is 0. The van der Waals surface area contributed by atoms with Gasteiger partial charge in [-0.2, -0.15) is 13.2 Å².